The van der Waals surface area contributed by atoms with Gasteiger partial charge in [0.15, 0.2) is 0 Å². The van der Waals surface area contributed by atoms with Gasteiger partial charge in [0.1, 0.15) is 11.0 Å². The Kier molecular flexibility index (Phi) is 5.83. The average Bonchev–Trinajstić information content (AvgIpc) is 3.31. The number of benzene rings is 1. The summed E-state index contributed by atoms with van der Waals surface area (Å²) < 4.78 is 0. The van der Waals surface area contributed by atoms with E-state index in [1.54, 1.807) is 0 Å². The van der Waals surface area contributed by atoms with Gasteiger partial charge in [-0.3, -0.25) is 4.98 Å². The molecule has 0 atom stereocenters. The normalized spacial score (nSPS) is 12.4. The molecule has 0 aliphatic heterocycles. The Balaban J connectivity index is 1.70. The van der Waals surface area contributed by atoms with Gasteiger partial charge in [-0.15, -0.1) is 0 Å². The first-order chi connectivity index (χ1) is 18.6. The van der Waals surface area contributed by atoms with E-state index in [1.807, 2.05) is 42.6 Å². The van der Waals surface area contributed by atoms with E-state index < -0.39 is 0 Å². The van der Waals surface area contributed by atoms with Crippen LogP contribution in [-0.2, 0) is 10.8 Å². The highest BCUT2D eigenvalue weighted by atomic mass is 14.9. The number of nitrogens with one attached hydrogen (secondary N) is 1. The van der Waals surface area contributed by atoms with Crippen LogP contribution < -0.4 is 0 Å². The summed E-state index contributed by atoms with van der Waals surface area (Å²) in [5, 5.41) is 0. The second-order valence-corrected chi connectivity index (χ2v) is 12.2. The molecule has 0 radical (unpaired) electrons. The SMILES string of the molecule is CC(C)(C)c1cc(-c2ccccn2)c2[nH]c3c(-c4cccc(-c5ccccc5)n4)cc(C(C)(C)C)nc3c2n1. The number of nitrogens with zero attached hydrogens (tertiary/aromatic N) is 4. The Hall–Kier alpha value is -4.38. The van der Waals surface area contributed by atoms with Gasteiger partial charge in [0.25, 0.3) is 0 Å². The molecule has 0 saturated heterocycles. The number of hydrogen-bond acceptors (Lipinski definition) is 4. The molecule has 194 valence electrons. The number of aromatic nitrogens is 5. The van der Waals surface area contributed by atoms with Crippen molar-refractivity contribution in [1.29, 1.82) is 0 Å². The van der Waals surface area contributed by atoms with Crippen LogP contribution in [0.5, 0.6) is 0 Å². The summed E-state index contributed by atoms with van der Waals surface area (Å²) in [4.78, 5) is 24.0. The molecule has 0 fully saturated rings. The Morgan fingerprint density at radius 1 is 0.538 bits per heavy atom. The topological polar surface area (TPSA) is 67.3 Å². The molecule has 0 unspecified atom stereocenters. The first-order valence-electron chi connectivity index (χ1n) is 13.4. The molecule has 0 spiro atoms. The molecule has 1 aromatic carbocycles. The van der Waals surface area contributed by atoms with Gasteiger partial charge in [0.2, 0.25) is 0 Å². The average molecular weight is 512 g/mol. The summed E-state index contributed by atoms with van der Waals surface area (Å²) in [6, 6.07) is 26.9. The van der Waals surface area contributed by atoms with E-state index in [9.17, 15) is 0 Å². The highest BCUT2D eigenvalue weighted by Gasteiger charge is 2.25. The van der Waals surface area contributed by atoms with Crippen molar-refractivity contribution in [3.63, 3.8) is 0 Å². The van der Waals surface area contributed by atoms with Gasteiger partial charge in [0.05, 0.1) is 28.1 Å². The van der Waals surface area contributed by atoms with Crippen molar-refractivity contribution in [3.8, 4) is 33.8 Å². The molecular formula is C34H33N5. The summed E-state index contributed by atoms with van der Waals surface area (Å²) in [6.45, 7) is 13.2. The fourth-order valence-corrected chi connectivity index (χ4v) is 4.86. The maximum atomic E-state index is 5.22. The second-order valence-electron chi connectivity index (χ2n) is 12.2. The molecule has 5 nitrogen and oxygen atoms in total. The van der Waals surface area contributed by atoms with Crippen LogP contribution in [0.2, 0.25) is 0 Å². The first kappa shape index (κ1) is 24.9. The fraction of sp³-hybridized carbons (Fsp3) is 0.235. The predicted molar refractivity (Wildman–Crippen MR) is 161 cm³/mol. The van der Waals surface area contributed by atoms with Gasteiger partial charge < -0.3 is 4.98 Å². The molecule has 0 bridgehead atoms. The molecule has 1 N–H and O–H groups in total. The lowest BCUT2D eigenvalue weighted by Gasteiger charge is -2.20. The Bertz CT molecular complexity index is 1800. The molecule has 0 saturated carbocycles. The number of H-pyrrole nitrogens is 1. The van der Waals surface area contributed by atoms with Crippen molar-refractivity contribution in [2.24, 2.45) is 0 Å². The van der Waals surface area contributed by atoms with Gasteiger partial charge >= 0.3 is 0 Å². The van der Waals surface area contributed by atoms with Crippen LogP contribution in [0, 0.1) is 0 Å². The quantitative estimate of drug-likeness (QED) is 0.259. The maximum absolute atomic E-state index is 5.22. The summed E-state index contributed by atoms with van der Waals surface area (Å²) in [5.41, 5.74) is 11.2. The number of pyridine rings is 4. The zero-order valence-corrected chi connectivity index (χ0v) is 23.4. The van der Waals surface area contributed by atoms with E-state index in [0.717, 1.165) is 67.2 Å². The zero-order valence-electron chi connectivity index (χ0n) is 23.4. The standard InChI is InChI=1S/C34H33N5/c1-33(2,3)27-19-22(25-15-10-11-18-35-25)29-31(37-27)32-30(39-29)23(20-28(38-32)34(4,5)6)26-17-12-16-24(36-26)21-13-8-7-9-14-21/h7-20,39H,1-6H3. The van der Waals surface area contributed by atoms with Crippen LogP contribution >= 0.6 is 0 Å². The van der Waals surface area contributed by atoms with E-state index >= 15 is 0 Å². The van der Waals surface area contributed by atoms with E-state index in [-0.39, 0.29) is 10.8 Å². The number of aromatic amines is 1. The number of hydrogen-bond donors (Lipinski definition) is 1. The molecule has 5 heterocycles. The minimum Gasteiger partial charge on any atom is -0.351 e. The summed E-state index contributed by atoms with van der Waals surface area (Å²) in [6.07, 6.45) is 1.83. The largest absolute Gasteiger partial charge is 0.351 e. The highest BCUT2D eigenvalue weighted by Crippen LogP contribution is 2.39. The summed E-state index contributed by atoms with van der Waals surface area (Å²) >= 11 is 0. The summed E-state index contributed by atoms with van der Waals surface area (Å²) in [7, 11) is 0. The van der Waals surface area contributed by atoms with Crippen LogP contribution in [-0.4, -0.2) is 24.9 Å². The highest BCUT2D eigenvalue weighted by molar-refractivity contribution is 6.11. The number of rotatable bonds is 3. The van der Waals surface area contributed by atoms with Crippen LogP contribution in [0.4, 0.5) is 0 Å². The van der Waals surface area contributed by atoms with Gasteiger partial charge in [-0.25, -0.2) is 15.0 Å². The third-order valence-electron chi connectivity index (χ3n) is 7.09. The van der Waals surface area contributed by atoms with E-state index in [0.29, 0.717) is 0 Å². The lowest BCUT2D eigenvalue weighted by atomic mass is 9.89. The van der Waals surface area contributed by atoms with Crippen molar-refractivity contribution in [1.82, 2.24) is 24.9 Å². The summed E-state index contributed by atoms with van der Waals surface area (Å²) in [5.74, 6) is 0. The molecule has 0 aliphatic carbocycles. The van der Waals surface area contributed by atoms with E-state index in [4.69, 9.17) is 19.9 Å². The van der Waals surface area contributed by atoms with Crippen LogP contribution in [0.3, 0.4) is 0 Å². The Labute approximate surface area is 229 Å². The monoisotopic (exact) mass is 511 g/mol. The molecule has 6 aromatic rings. The van der Waals surface area contributed by atoms with Gasteiger partial charge in [0, 0.05) is 45.1 Å². The molecule has 5 heteroatoms. The van der Waals surface area contributed by atoms with E-state index in [1.165, 1.54) is 0 Å². The van der Waals surface area contributed by atoms with Crippen LogP contribution in [0.25, 0.3) is 55.8 Å². The van der Waals surface area contributed by atoms with Crippen molar-refractivity contribution in [2.75, 3.05) is 0 Å². The molecule has 39 heavy (non-hydrogen) atoms. The van der Waals surface area contributed by atoms with E-state index in [2.05, 4.69) is 89.0 Å². The van der Waals surface area contributed by atoms with Crippen molar-refractivity contribution < 1.29 is 0 Å². The minimum absolute atomic E-state index is 0.142. The Morgan fingerprint density at radius 3 is 1.64 bits per heavy atom. The predicted octanol–water partition coefficient (Wildman–Crippen LogP) is 8.50. The van der Waals surface area contributed by atoms with Crippen molar-refractivity contribution in [2.45, 2.75) is 52.4 Å². The smallest absolute Gasteiger partial charge is 0.115 e. The van der Waals surface area contributed by atoms with Crippen LogP contribution in [0.1, 0.15) is 52.9 Å². The van der Waals surface area contributed by atoms with Gasteiger partial charge in [-0.05, 0) is 36.4 Å². The molecule has 0 amide bonds. The lowest BCUT2D eigenvalue weighted by molar-refractivity contribution is 0.570. The van der Waals surface area contributed by atoms with Gasteiger partial charge in [-0.2, -0.15) is 0 Å². The third-order valence-corrected chi connectivity index (χ3v) is 7.09. The number of fused-ring (bicyclic) bond motifs is 3. The fourth-order valence-electron chi connectivity index (χ4n) is 4.86. The first-order valence-corrected chi connectivity index (χ1v) is 13.4. The third kappa shape index (κ3) is 4.59. The van der Waals surface area contributed by atoms with Crippen LogP contribution in [0.15, 0.2) is 85.1 Å². The molecular weight excluding hydrogens is 478 g/mol. The maximum Gasteiger partial charge on any atom is 0.115 e. The second kappa shape index (κ2) is 9.12. The molecule has 0 aliphatic rings. The molecule has 5 aromatic heterocycles. The zero-order chi connectivity index (χ0) is 27.4. The Morgan fingerprint density at radius 2 is 1.08 bits per heavy atom. The van der Waals surface area contributed by atoms with Crippen molar-refractivity contribution in [3.05, 3.63) is 96.4 Å². The molecule has 6 rings (SSSR count). The van der Waals surface area contributed by atoms with Gasteiger partial charge in [-0.1, -0.05) is 84.0 Å². The minimum atomic E-state index is -0.158. The lowest BCUT2D eigenvalue weighted by Crippen LogP contribution is -2.14. The van der Waals surface area contributed by atoms with Crippen molar-refractivity contribution >= 4 is 22.1 Å².